The van der Waals surface area contributed by atoms with Crippen molar-refractivity contribution in [1.29, 1.82) is 0 Å². The van der Waals surface area contributed by atoms with Gasteiger partial charge in [-0.25, -0.2) is 4.39 Å². The molecule has 1 aromatic heterocycles. The number of allylic oxidation sites excluding steroid dienone is 1. The molecule has 0 saturated heterocycles. The summed E-state index contributed by atoms with van der Waals surface area (Å²) in [6.45, 7) is 13.9. The number of anilines is 1. The van der Waals surface area contributed by atoms with Gasteiger partial charge in [-0.2, -0.15) is 0 Å². The van der Waals surface area contributed by atoms with E-state index in [-0.39, 0.29) is 16.3 Å². The van der Waals surface area contributed by atoms with Crippen molar-refractivity contribution in [3.63, 3.8) is 0 Å². The predicted octanol–water partition coefficient (Wildman–Crippen LogP) is 5.94. The van der Waals surface area contributed by atoms with Crippen molar-refractivity contribution in [2.45, 2.75) is 26.2 Å². The van der Waals surface area contributed by atoms with Crippen LogP contribution in [0.25, 0.3) is 5.70 Å². The zero-order chi connectivity index (χ0) is 20.0. The lowest BCUT2D eigenvalue weighted by Crippen LogP contribution is -2.21. The molecular formula is C22H25ClFN3. The summed E-state index contributed by atoms with van der Waals surface area (Å²) in [6, 6.07) is 6.79. The van der Waals surface area contributed by atoms with E-state index in [4.69, 9.17) is 17.3 Å². The summed E-state index contributed by atoms with van der Waals surface area (Å²) in [6.07, 6.45) is 7.65. The molecule has 27 heavy (non-hydrogen) atoms. The Bertz CT molecular complexity index is 862. The van der Waals surface area contributed by atoms with Gasteiger partial charge >= 0.3 is 0 Å². The molecule has 0 fully saturated rings. The highest BCUT2D eigenvalue weighted by Gasteiger charge is 2.24. The van der Waals surface area contributed by atoms with Gasteiger partial charge in [-0.1, -0.05) is 43.8 Å². The highest BCUT2D eigenvalue weighted by molar-refractivity contribution is 6.30. The summed E-state index contributed by atoms with van der Waals surface area (Å²) in [5.74, 6) is -0.388. The molecule has 3 nitrogen and oxygen atoms in total. The number of nitrogens with one attached hydrogen (secondary N) is 1. The van der Waals surface area contributed by atoms with Crippen LogP contribution in [0.5, 0.6) is 0 Å². The number of benzene rings is 1. The van der Waals surface area contributed by atoms with E-state index < -0.39 is 0 Å². The smallest absolute Gasteiger partial charge is 0.142 e. The van der Waals surface area contributed by atoms with E-state index in [1.165, 1.54) is 6.07 Å². The topological polar surface area (TPSA) is 50.9 Å². The number of nitrogens with zero attached hydrogens (tertiary/aromatic N) is 1. The lowest BCUT2D eigenvalue weighted by molar-refractivity contribution is 0.454. The molecule has 1 aromatic carbocycles. The molecule has 0 radical (unpaired) electrons. The van der Waals surface area contributed by atoms with Crippen LogP contribution in [0.3, 0.4) is 0 Å². The first-order valence-corrected chi connectivity index (χ1v) is 9.06. The molecule has 2 aromatic rings. The van der Waals surface area contributed by atoms with E-state index in [9.17, 15) is 4.39 Å². The zero-order valence-electron chi connectivity index (χ0n) is 15.6. The van der Waals surface area contributed by atoms with Crippen LogP contribution in [0, 0.1) is 11.2 Å². The Hall–Kier alpha value is -2.59. The number of hydrogen-bond acceptors (Lipinski definition) is 3. The summed E-state index contributed by atoms with van der Waals surface area (Å²) in [7, 11) is 0. The minimum absolute atomic E-state index is 0.142. The summed E-state index contributed by atoms with van der Waals surface area (Å²) in [5, 5.41) is 3.43. The largest absolute Gasteiger partial charge is 0.399 e. The number of nitrogens with two attached hydrogens (primary N) is 1. The van der Waals surface area contributed by atoms with E-state index in [0.29, 0.717) is 5.70 Å². The Morgan fingerprint density at radius 2 is 2.07 bits per heavy atom. The standard InChI is InChI=1S/C22H25ClFN3/c1-5-22(4,10-6-7-17-8-9-20(23)21(24)11-17)16(3)27-19-12-18(15(2)25)13-26-14-19/h5,8-9,11-14,27H,1-3,6-7,10,25H2,4H3/t22-/m1/s1. The Morgan fingerprint density at radius 3 is 2.70 bits per heavy atom. The minimum Gasteiger partial charge on any atom is -0.399 e. The number of aromatic nitrogens is 1. The van der Waals surface area contributed by atoms with Crippen LogP contribution in [0.15, 0.2) is 68.2 Å². The molecule has 3 N–H and O–H groups in total. The summed E-state index contributed by atoms with van der Waals surface area (Å²) >= 11 is 5.73. The van der Waals surface area contributed by atoms with Crippen LogP contribution < -0.4 is 11.1 Å². The zero-order valence-corrected chi connectivity index (χ0v) is 16.3. The second kappa shape index (κ2) is 8.87. The SMILES string of the molecule is C=C[C@](C)(CCCc1ccc(Cl)c(F)c1)C(=C)Nc1cncc(C(=C)N)c1. The molecule has 0 aliphatic rings. The second-order valence-electron chi connectivity index (χ2n) is 6.81. The van der Waals surface area contributed by atoms with Crippen molar-refractivity contribution < 1.29 is 4.39 Å². The number of rotatable bonds is 9. The van der Waals surface area contributed by atoms with Crippen LogP contribution in [-0.4, -0.2) is 4.98 Å². The van der Waals surface area contributed by atoms with Gasteiger partial charge in [0.1, 0.15) is 5.82 Å². The Labute approximate surface area is 165 Å². The molecule has 142 valence electrons. The molecular weight excluding hydrogens is 361 g/mol. The first-order valence-electron chi connectivity index (χ1n) is 8.69. The van der Waals surface area contributed by atoms with Gasteiger partial charge in [0.05, 0.1) is 16.9 Å². The van der Waals surface area contributed by atoms with Gasteiger partial charge in [0, 0.05) is 28.6 Å². The maximum absolute atomic E-state index is 13.6. The van der Waals surface area contributed by atoms with Crippen LogP contribution >= 0.6 is 11.6 Å². The monoisotopic (exact) mass is 385 g/mol. The third-order valence-electron chi connectivity index (χ3n) is 4.69. The van der Waals surface area contributed by atoms with Crippen LogP contribution in [0.1, 0.15) is 30.9 Å². The minimum atomic E-state index is -0.388. The van der Waals surface area contributed by atoms with Crippen molar-refractivity contribution in [2.24, 2.45) is 11.1 Å². The predicted molar refractivity (Wildman–Crippen MR) is 113 cm³/mol. The van der Waals surface area contributed by atoms with Crippen molar-refractivity contribution >= 4 is 23.0 Å². The maximum Gasteiger partial charge on any atom is 0.142 e. The first-order chi connectivity index (χ1) is 12.7. The third kappa shape index (κ3) is 5.44. The fourth-order valence-electron chi connectivity index (χ4n) is 2.73. The summed E-state index contributed by atoms with van der Waals surface area (Å²) in [5.41, 5.74) is 9.13. The Morgan fingerprint density at radius 1 is 1.33 bits per heavy atom. The molecule has 5 heteroatoms. The van der Waals surface area contributed by atoms with Gasteiger partial charge in [0.2, 0.25) is 0 Å². The van der Waals surface area contributed by atoms with Gasteiger partial charge < -0.3 is 11.1 Å². The van der Waals surface area contributed by atoms with Crippen molar-refractivity contribution in [1.82, 2.24) is 4.98 Å². The highest BCUT2D eigenvalue weighted by atomic mass is 35.5. The van der Waals surface area contributed by atoms with Crippen molar-refractivity contribution in [3.05, 3.63) is 90.1 Å². The van der Waals surface area contributed by atoms with E-state index in [1.54, 1.807) is 18.5 Å². The molecule has 0 unspecified atom stereocenters. The van der Waals surface area contributed by atoms with Gasteiger partial charge in [0.25, 0.3) is 0 Å². The van der Waals surface area contributed by atoms with E-state index in [0.717, 1.165) is 41.8 Å². The second-order valence-corrected chi connectivity index (χ2v) is 7.22. The van der Waals surface area contributed by atoms with Gasteiger partial charge in [-0.15, -0.1) is 6.58 Å². The molecule has 0 saturated carbocycles. The number of halogens is 2. The molecule has 0 bridgehead atoms. The maximum atomic E-state index is 13.6. The van der Waals surface area contributed by atoms with E-state index >= 15 is 0 Å². The quantitative estimate of drug-likeness (QED) is 0.525. The third-order valence-corrected chi connectivity index (χ3v) is 5.00. The number of aryl methyl sites for hydroxylation is 1. The van der Waals surface area contributed by atoms with Crippen LogP contribution in [-0.2, 0) is 6.42 Å². The Balaban J connectivity index is 2.01. The van der Waals surface area contributed by atoms with Gasteiger partial charge in [0.15, 0.2) is 0 Å². The molecule has 1 heterocycles. The van der Waals surface area contributed by atoms with Crippen LogP contribution in [0.2, 0.25) is 5.02 Å². The highest BCUT2D eigenvalue weighted by Crippen LogP contribution is 2.34. The van der Waals surface area contributed by atoms with E-state index in [1.807, 2.05) is 18.2 Å². The fraction of sp³-hybridized carbons (Fsp3) is 0.227. The fourth-order valence-corrected chi connectivity index (χ4v) is 2.85. The van der Waals surface area contributed by atoms with Crippen LogP contribution in [0.4, 0.5) is 10.1 Å². The number of hydrogen-bond donors (Lipinski definition) is 2. The van der Waals surface area contributed by atoms with Crippen molar-refractivity contribution in [3.8, 4) is 0 Å². The molecule has 2 rings (SSSR count). The lowest BCUT2D eigenvalue weighted by Gasteiger charge is -2.29. The summed E-state index contributed by atoms with van der Waals surface area (Å²) < 4.78 is 13.6. The molecule has 0 aliphatic heterocycles. The lowest BCUT2D eigenvalue weighted by atomic mass is 9.81. The molecule has 0 spiro atoms. The molecule has 0 aliphatic carbocycles. The molecule has 0 amide bonds. The van der Waals surface area contributed by atoms with Crippen molar-refractivity contribution in [2.75, 3.05) is 5.32 Å². The van der Waals surface area contributed by atoms with E-state index in [2.05, 4.69) is 37.0 Å². The normalized spacial score (nSPS) is 12.9. The average molecular weight is 386 g/mol. The van der Waals surface area contributed by atoms with Gasteiger partial charge in [-0.3, -0.25) is 4.98 Å². The Kier molecular flexibility index (Phi) is 6.81. The average Bonchev–Trinajstić information content (AvgIpc) is 2.64. The molecule has 1 atom stereocenters. The van der Waals surface area contributed by atoms with Gasteiger partial charge in [-0.05, 0) is 43.0 Å². The summed E-state index contributed by atoms with van der Waals surface area (Å²) in [4.78, 5) is 4.17. The first kappa shape index (κ1) is 20.7. The number of pyridine rings is 1.